The first kappa shape index (κ1) is 23.1. The quantitative estimate of drug-likeness (QED) is 0.352. The van der Waals surface area contributed by atoms with Crippen LogP contribution in [0.3, 0.4) is 0 Å². The zero-order chi connectivity index (χ0) is 7.11. The fourth-order valence-electron chi connectivity index (χ4n) is 0.321. The fraction of sp³-hybridized carbons (Fsp3) is 0.333. The predicted molar refractivity (Wildman–Crippen MR) is 42.3 cm³/mol. The summed E-state index contributed by atoms with van der Waals surface area (Å²) in [5, 5.41) is 0. The number of hydrogen-bond acceptors (Lipinski definition) is 0. The largest absolute Gasteiger partial charge is 4.00 e. The molecule has 0 aliphatic carbocycles. The molecule has 0 amide bonds. The van der Waals surface area contributed by atoms with Crippen molar-refractivity contribution >= 4 is 0 Å². The van der Waals surface area contributed by atoms with Crippen molar-refractivity contribution in [3.63, 3.8) is 0 Å². The molecule has 0 saturated heterocycles. The average Bonchev–Trinajstić information content (AvgIpc) is 2.11. The molecule has 0 aliphatic heterocycles. The van der Waals surface area contributed by atoms with Crippen LogP contribution in [-0.4, -0.2) is 0 Å². The Morgan fingerprint density at radius 2 is 1.17 bits per heavy atom. The van der Waals surface area contributed by atoms with E-state index in [1.54, 1.807) is 0 Å². The van der Waals surface area contributed by atoms with E-state index in [2.05, 4.69) is 20.8 Å². The Bertz CT molecular complexity index is 96.1. The molecule has 0 fully saturated rings. The first-order chi connectivity index (χ1) is 4.23. The number of halogens is 2. The Hall–Kier alpha value is 1.02. The molecule has 68 valence electrons. The molecule has 1 aromatic rings. The minimum Gasteiger partial charge on any atom is -1.00 e. The SMILES string of the molecule is C[C-](C)C.[Br-].[Br-].[Ti+4].c1cc[cH-]c1. The monoisotopic (exact) mass is 328 g/mol. The normalized spacial score (nSPS) is 6.33. The Morgan fingerprint density at radius 1 is 0.917 bits per heavy atom. The molecule has 0 spiro atoms. The van der Waals surface area contributed by atoms with E-state index in [9.17, 15) is 0 Å². The van der Waals surface area contributed by atoms with E-state index in [0.717, 1.165) is 0 Å². The minimum absolute atomic E-state index is 0. The standard InChI is InChI=1S/C5H5.C4H9.2BrH.Ti/c1-2-4-5-3-1;1-4(2)3;;;/h1-5H;1-3H3;2*1H;/q2*-1;;;+4/p-2. The van der Waals surface area contributed by atoms with E-state index < -0.39 is 0 Å². The van der Waals surface area contributed by atoms with Crippen LogP contribution in [0, 0.1) is 5.92 Å². The summed E-state index contributed by atoms with van der Waals surface area (Å²) >= 11 is 0. The zero-order valence-electron chi connectivity index (χ0n) is 7.64. The maximum Gasteiger partial charge on any atom is 4.00 e. The van der Waals surface area contributed by atoms with Gasteiger partial charge in [-0.05, 0) is 0 Å². The van der Waals surface area contributed by atoms with Crippen molar-refractivity contribution in [1.82, 2.24) is 0 Å². The van der Waals surface area contributed by atoms with Gasteiger partial charge in [0.25, 0.3) is 0 Å². The van der Waals surface area contributed by atoms with Crippen LogP contribution in [0.15, 0.2) is 30.3 Å². The first-order valence-corrected chi connectivity index (χ1v) is 3.17. The molecule has 0 heterocycles. The van der Waals surface area contributed by atoms with Crippen LogP contribution in [0.5, 0.6) is 0 Å². The number of rotatable bonds is 0. The van der Waals surface area contributed by atoms with Gasteiger partial charge >= 0.3 is 21.7 Å². The first-order valence-electron chi connectivity index (χ1n) is 3.17. The van der Waals surface area contributed by atoms with Crippen molar-refractivity contribution < 1.29 is 55.7 Å². The van der Waals surface area contributed by atoms with E-state index in [4.69, 9.17) is 0 Å². The maximum atomic E-state index is 2.08. The van der Waals surface area contributed by atoms with Gasteiger partial charge in [0.2, 0.25) is 0 Å². The summed E-state index contributed by atoms with van der Waals surface area (Å²) in [6, 6.07) is 10.0. The smallest absolute Gasteiger partial charge is 1.00 e. The second-order valence-electron chi connectivity index (χ2n) is 2.46. The summed E-state index contributed by atoms with van der Waals surface area (Å²) in [5.74, 6) is 1.42. The third-order valence-electron chi connectivity index (χ3n) is 0.556. The van der Waals surface area contributed by atoms with Crippen LogP contribution in [0.1, 0.15) is 20.8 Å². The Kier molecular flexibility index (Phi) is 34.6. The molecule has 0 atom stereocenters. The minimum atomic E-state index is 0. The van der Waals surface area contributed by atoms with Gasteiger partial charge in [0, 0.05) is 0 Å². The van der Waals surface area contributed by atoms with E-state index in [0.29, 0.717) is 0 Å². The molecular formula is C9H14Br2Ti. The van der Waals surface area contributed by atoms with Gasteiger partial charge in [-0.25, -0.2) is 12.1 Å². The van der Waals surface area contributed by atoms with Crippen LogP contribution in [0.2, 0.25) is 0 Å². The molecular weight excluding hydrogens is 316 g/mol. The second kappa shape index (κ2) is 17.9. The average molecular weight is 330 g/mol. The van der Waals surface area contributed by atoms with Gasteiger partial charge < -0.3 is 39.9 Å². The Morgan fingerprint density at radius 3 is 1.25 bits per heavy atom. The fourth-order valence-corrected chi connectivity index (χ4v) is 0.321. The molecule has 0 bridgehead atoms. The third-order valence-corrected chi connectivity index (χ3v) is 0.556. The second-order valence-corrected chi connectivity index (χ2v) is 2.46. The van der Waals surface area contributed by atoms with Crippen LogP contribution in [0.25, 0.3) is 0 Å². The van der Waals surface area contributed by atoms with Gasteiger partial charge in [-0.3, -0.25) is 0 Å². The molecule has 12 heavy (non-hydrogen) atoms. The van der Waals surface area contributed by atoms with Crippen molar-refractivity contribution in [3.05, 3.63) is 36.2 Å². The van der Waals surface area contributed by atoms with Gasteiger partial charge in [-0.1, -0.05) is 0 Å². The Balaban J connectivity index is -0.0000000436. The number of hydrogen-bond donors (Lipinski definition) is 0. The van der Waals surface area contributed by atoms with Crippen molar-refractivity contribution in [2.24, 2.45) is 0 Å². The summed E-state index contributed by atoms with van der Waals surface area (Å²) in [5.41, 5.74) is 0. The zero-order valence-corrected chi connectivity index (χ0v) is 12.4. The summed E-state index contributed by atoms with van der Waals surface area (Å²) < 4.78 is 0. The van der Waals surface area contributed by atoms with Gasteiger partial charge in [-0.2, -0.15) is 39.0 Å². The van der Waals surface area contributed by atoms with Crippen molar-refractivity contribution in [2.75, 3.05) is 0 Å². The summed E-state index contributed by atoms with van der Waals surface area (Å²) in [4.78, 5) is 0. The van der Waals surface area contributed by atoms with E-state index in [-0.39, 0.29) is 55.7 Å². The molecule has 3 heteroatoms. The molecule has 0 radical (unpaired) electrons. The van der Waals surface area contributed by atoms with Crippen LogP contribution < -0.4 is 34.0 Å². The molecule has 0 unspecified atom stereocenters. The van der Waals surface area contributed by atoms with Crippen molar-refractivity contribution in [2.45, 2.75) is 20.8 Å². The van der Waals surface area contributed by atoms with Gasteiger partial charge in [-0.15, -0.1) is 0 Å². The summed E-state index contributed by atoms with van der Waals surface area (Å²) in [6.07, 6.45) is 0. The van der Waals surface area contributed by atoms with Crippen LogP contribution in [-0.2, 0) is 21.7 Å². The molecule has 0 aromatic heterocycles. The molecule has 0 N–H and O–H groups in total. The van der Waals surface area contributed by atoms with E-state index >= 15 is 0 Å². The molecule has 0 aliphatic rings. The van der Waals surface area contributed by atoms with Crippen LogP contribution in [0.4, 0.5) is 0 Å². The predicted octanol–water partition coefficient (Wildman–Crippen LogP) is -2.97. The van der Waals surface area contributed by atoms with Crippen molar-refractivity contribution in [3.8, 4) is 0 Å². The molecule has 1 aromatic carbocycles. The maximum absolute atomic E-state index is 2.08. The van der Waals surface area contributed by atoms with Crippen molar-refractivity contribution in [1.29, 1.82) is 0 Å². The topological polar surface area (TPSA) is 0 Å². The summed E-state index contributed by atoms with van der Waals surface area (Å²) in [7, 11) is 0. The summed E-state index contributed by atoms with van der Waals surface area (Å²) in [6.45, 7) is 6.25. The molecule has 0 nitrogen and oxygen atoms in total. The van der Waals surface area contributed by atoms with Gasteiger partial charge in [0.1, 0.15) is 0 Å². The Labute approximate surface area is 112 Å². The molecule has 0 saturated carbocycles. The third kappa shape index (κ3) is 30.5. The van der Waals surface area contributed by atoms with E-state index in [1.807, 2.05) is 30.3 Å². The van der Waals surface area contributed by atoms with E-state index in [1.165, 1.54) is 5.92 Å². The molecule has 1 rings (SSSR count). The van der Waals surface area contributed by atoms with Gasteiger partial charge in [0.05, 0.1) is 0 Å². The van der Waals surface area contributed by atoms with Crippen LogP contribution >= 0.6 is 0 Å². The van der Waals surface area contributed by atoms with Gasteiger partial charge in [0.15, 0.2) is 0 Å².